The predicted octanol–water partition coefficient (Wildman–Crippen LogP) is 0.769. The quantitative estimate of drug-likeness (QED) is 0.718. The summed E-state index contributed by atoms with van der Waals surface area (Å²) >= 11 is 0. The van der Waals surface area contributed by atoms with Crippen molar-refractivity contribution in [3.05, 3.63) is 29.3 Å². The monoisotopic (exact) mass is 272 g/mol. The van der Waals surface area contributed by atoms with Crippen LogP contribution in [0.5, 0.6) is 0 Å². The molecule has 0 aliphatic heterocycles. The topological polar surface area (TPSA) is 81.4 Å². The molecule has 0 atom stereocenters. The molecule has 0 unspecified atom stereocenters. The molecule has 5 nitrogen and oxygen atoms in total. The number of rotatable bonds is 7. The Labute approximate surface area is 108 Å². The van der Waals surface area contributed by atoms with Crippen molar-refractivity contribution in [1.82, 2.24) is 4.72 Å². The van der Waals surface area contributed by atoms with Gasteiger partial charge in [0.25, 0.3) is 0 Å². The Kier molecular flexibility index (Phi) is 5.74. The minimum atomic E-state index is -3.47. The molecule has 0 saturated heterocycles. The molecule has 0 spiro atoms. The molecule has 6 heteroatoms. The van der Waals surface area contributed by atoms with Crippen molar-refractivity contribution in [3.8, 4) is 0 Å². The summed E-state index contributed by atoms with van der Waals surface area (Å²) in [5.74, 6) is 0. The number of hydrogen-bond donors (Lipinski definition) is 2. The number of nitrogens with one attached hydrogen (secondary N) is 1. The molecular weight excluding hydrogens is 252 g/mol. The Morgan fingerprint density at radius 1 is 1.39 bits per heavy atom. The van der Waals surface area contributed by atoms with Crippen LogP contribution in [0, 0.1) is 6.92 Å². The molecule has 0 aliphatic rings. The molecule has 102 valence electrons. The number of ether oxygens (including phenoxy) is 1. The Balaban J connectivity index is 2.78. The van der Waals surface area contributed by atoms with Gasteiger partial charge in [-0.05, 0) is 31.0 Å². The molecule has 1 rings (SSSR count). The zero-order valence-electron chi connectivity index (χ0n) is 10.8. The summed E-state index contributed by atoms with van der Waals surface area (Å²) in [6.07, 6.45) is 0. The van der Waals surface area contributed by atoms with Crippen LogP contribution in [0.25, 0.3) is 0 Å². The van der Waals surface area contributed by atoms with E-state index in [1.165, 1.54) is 0 Å². The van der Waals surface area contributed by atoms with E-state index >= 15 is 0 Å². The highest BCUT2D eigenvalue weighted by molar-refractivity contribution is 7.89. The number of nitrogens with two attached hydrogens (primary N) is 1. The summed E-state index contributed by atoms with van der Waals surface area (Å²) in [5.41, 5.74) is 7.12. The third-order valence-corrected chi connectivity index (χ3v) is 4.13. The van der Waals surface area contributed by atoms with E-state index in [9.17, 15) is 8.42 Å². The standard InChI is InChI=1S/C12H20N2O3S/c1-3-17-7-6-14-18(15,16)12-5-4-11(9-13)8-10(12)2/h4-5,8,14H,3,6-7,9,13H2,1-2H3. The highest BCUT2D eigenvalue weighted by Gasteiger charge is 2.15. The summed E-state index contributed by atoms with van der Waals surface area (Å²) < 4.78 is 31.6. The fraction of sp³-hybridized carbons (Fsp3) is 0.500. The Hall–Kier alpha value is -0.950. The maximum atomic E-state index is 12.0. The highest BCUT2D eigenvalue weighted by atomic mass is 32.2. The van der Waals surface area contributed by atoms with Gasteiger partial charge < -0.3 is 10.5 Å². The summed E-state index contributed by atoms with van der Waals surface area (Å²) in [6.45, 7) is 5.25. The molecule has 0 fully saturated rings. The zero-order chi connectivity index (χ0) is 13.6. The van der Waals surface area contributed by atoms with Gasteiger partial charge >= 0.3 is 0 Å². The van der Waals surface area contributed by atoms with Crippen LogP contribution < -0.4 is 10.5 Å². The second-order valence-corrected chi connectivity index (χ2v) is 5.63. The van der Waals surface area contributed by atoms with E-state index in [4.69, 9.17) is 10.5 Å². The minimum Gasteiger partial charge on any atom is -0.380 e. The lowest BCUT2D eigenvalue weighted by molar-refractivity contribution is 0.153. The van der Waals surface area contributed by atoms with E-state index in [0.29, 0.717) is 25.3 Å². The van der Waals surface area contributed by atoms with Gasteiger partial charge in [-0.2, -0.15) is 0 Å². The summed E-state index contributed by atoms with van der Waals surface area (Å²) in [4.78, 5) is 0.288. The second-order valence-electron chi connectivity index (χ2n) is 3.90. The van der Waals surface area contributed by atoms with Gasteiger partial charge in [0.05, 0.1) is 11.5 Å². The lowest BCUT2D eigenvalue weighted by Crippen LogP contribution is -2.28. The van der Waals surface area contributed by atoms with E-state index < -0.39 is 10.0 Å². The van der Waals surface area contributed by atoms with Crippen LogP contribution in [-0.4, -0.2) is 28.2 Å². The van der Waals surface area contributed by atoms with Crippen molar-refractivity contribution in [2.75, 3.05) is 19.8 Å². The molecule has 0 heterocycles. The average molecular weight is 272 g/mol. The van der Waals surface area contributed by atoms with Crippen LogP contribution in [0.2, 0.25) is 0 Å². The Morgan fingerprint density at radius 2 is 2.11 bits per heavy atom. The fourth-order valence-electron chi connectivity index (χ4n) is 1.61. The van der Waals surface area contributed by atoms with Gasteiger partial charge in [-0.3, -0.25) is 0 Å². The number of sulfonamides is 1. The van der Waals surface area contributed by atoms with Gasteiger partial charge in [0.15, 0.2) is 0 Å². The zero-order valence-corrected chi connectivity index (χ0v) is 11.6. The van der Waals surface area contributed by atoms with Crippen molar-refractivity contribution in [2.24, 2.45) is 5.73 Å². The third kappa shape index (κ3) is 4.06. The van der Waals surface area contributed by atoms with Crippen LogP contribution in [0.3, 0.4) is 0 Å². The van der Waals surface area contributed by atoms with Gasteiger partial charge in [-0.25, -0.2) is 13.1 Å². The predicted molar refractivity (Wildman–Crippen MR) is 70.8 cm³/mol. The van der Waals surface area contributed by atoms with Crippen LogP contribution in [0.4, 0.5) is 0 Å². The molecule has 0 bridgehead atoms. The van der Waals surface area contributed by atoms with E-state index in [1.807, 2.05) is 6.92 Å². The largest absolute Gasteiger partial charge is 0.380 e. The van der Waals surface area contributed by atoms with E-state index in [1.54, 1.807) is 25.1 Å². The summed E-state index contributed by atoms with van der Waals surface area (Å²) in [6, 6.07) is 5.10. The molecule has 0 aromatic heterocycles. The first-order chi connectivity index (χ1) is 8.51. The molecule has 18 heavy (non-hydrogen) atoms. The number of benzene rings is 1. The maximum absolute atomic E-state index is 12.0. The SMILES string of the molecule is CCOCCNS(=O)(=O)c1ccc(CN)cc1C. The Bertz CT molecular complexity index is 486. The van der Waals surface area contributed by atoms with Gasteiger partial charge in [0.1, 0.15) is 0 Å². The van der Waals surface area contributed by atoms with Gasteiger partial charge in [-0.15, -0.1) is 0 Å². The van der Waals surface area contributed by atoms with Crippen molar-refractivity contribution in [3.63, 3.8) is 0 Å². The maximum Gasteiger partial charge on any atom is 0.240 e. The lowest BCUT2D eigenvalue weighted by atomic mass is 10.1. The highest BCUT2D eigenvalue weighted by Crippen LogP contribution is 2.16. The molecule has 1 aromatic carbocycles. The van der Waals surface area contributed by atoms with Crippen molar-refractivity contribution in [2.45, 2.75) is 25.3 Å². The molecule has 0 radical (unpaired) electrons. The summed E-state index contributed by atoms with van der Waals surface area (Å²) in [5, 5.41) is 0. The van der Waals surface area contributed by atoms with Crippen molar-refractivity contribution in [1.29, 1.82) is 0 Å². The van der Waals surface area contributed by atoms with Gasteiger partial charge in [-0.1, -0.05) is 12.1 Å². The first-order valence-corrected chi connectivity index (χ1v) is 7.36. The Morgan fingerprint density at radius 3 is 2.67 bits per heavy atom. The number of aryl methyl sites for hydroxylation is 1. The van der Waals surface area contributed by atoms with Crippen LogP contribution in [0.15, 0.2) is 23.1 Å². The average Bonchev–Trinajstić information content (AvgIpc) is 2.34. The first-order valence-electron chi connectivity index (χ1n) is 5.88. The molecule has 0 aliphatic carbocycles. The van der Waals surface area contributed by atoms with E-state index in [2.05, 4.69) is 4.72 Å². The third-order valence-electron chi connectivity index (χ3n) is 2.51. The second kappa shape index (κ2) is 6.84. The molecule has 1 aromatic rings. The van der Waals surface area contributed by atoms with Gasteiger partial charge in [0.2, 0.25) is 10.0 Å². The fourth-order valence-corrected chi connectivity index (χ4v) is 2.85. The van der Waals surface area contributed by atoms with E-state index in [0.717, 1.165) is 5.56 Å². The first kappa shape index (κ1) is 15.1. The lowest BCUT2D eigenvalue weighted by Gasteiger charge is -2.10. The summed E-state index contributed by atoms with van der Waals surface area (Å²) in [7, 11) is -3.47. The number of hydrogen-bond acceptors (Lipinski definition) is 4. The van der Waals surface area contributed by atoms with Crippen molar-refractivity contribution >= 4 is 10.0 Å². The molecule has 0 amide bonds. The minimum absolute atomic E-state index is 0.272. The van der Waals surface area contributed by atoms with Crippen LogP contribution in [0.1, 0.15) is 18.1 Å². The molecular formula is C12H20N2O3S. The molecule has 3 N–H and O–H groups in total. The van der Waals surface area contributed by atoms with Crippen LogP contribution in [-0.2, 0) is 21.3 Å². The van der Waals surface area contributed by atoms with Crippen LogP contribution >= 0.6 is 0 Å². The molecule has 0 saturated carbocycles. The van der Waals surface area contributed by atoms with E-state index in [-0.39, 0.29) is 11.4 Å². The van der Waals surface area contributed by atoms with Gasteiger partial charge in [0, 0.05) is 19.7 Å². The smallest absolute Gasteiger partial charge is 0.240 e. The van der Waals surface area contributed by atoms with Crippen molar-refractivity contribution < 1.29 is 13.2 Å². The normalized spacial score (nSPS) is 11.7.